The van der Waals surface area contributed by atoms with E-state index < -0.39 is 11.6 Å². The SMILES string of the molecule is Cc1ccc(F)c(NCc2cc(Br)cc3c2OCC3)c1F. The van der Waals surface area contributed by atoms with E-state index in [2.05, 4.69) is 21.2 Å². The number of fused-ring (bicyclic) bond motifs is 1. The third-order valence-electron chi connectivity index (χ3n) is 3.57. The van der Waals surface area contributed by atoms with E-state index in [4.69, 9.17) is 4.74 Å². The summed E-state index contributed by atoms with van der Waals surface area (Å²) in [5.41, 5.74) is 2.32. The van der Waals surface area contributed by atoms with Crippen LogP contribution in [0.2, 0.25) is 0 Å². The quantitative estimate of drug-likeness (QED) is 0.871. The Bertz CT molecular complexity index is 703. The van der Waals surface area contributed by atoms with Gasteiger partial charge < -0.3 is 10.1 Å². The molecule has 5 heteroatoms. The first-order valence-corrected chi connectivity index (χ1v) is 7.48. The van der Waals surface area contributed by atoms with Gasteiger partial charge in [0.1, 0.15) is 17.3 Å². The molecule has 1 N–H and O–H groups in total. The fourth-order valence-corrected chi connectivity index (χ4v) is 3.03. The molecule has 0 aliphatic carbocycles. The summed E-state index contributed by atoms with van der Waals surface area (Å²) in [6.45, 7) is 2.56. The van der Waals surface area contributed by atoms with Crippen molar-refractivity contribution in [2.75, 3.05) is 11.9 Å². The Morgan fingerprint density at radius 2 is 2.10 bits per heavy atom. The Kier molecular flexibility index (Phi) is 3.85. The van der Waals surface area contributed by atoms with E-state index in [0.717, 1.165) is 27.8 Å². The van der Waals surface area contributed by atoms with Crippen LogP contribution in [0.4, 0.5) is 14.5 Å². The van der Waals surface area contributed by atoms with Crippen LogP contribution < -0.4 is 10.1 Å². The lowest BCUT2D eigenvalue weighted by molar-refractivity contribution is 0.353. The van der Waals surface area contributed by atoms with Crippen molar-refractivity contribution in [3.63, 3.8) is 0 Å². The van der Waals surface area contributed by atoms with E-state index in [1.165, 1.54) is 12.1 Å². The number of benzene rings is 2. The van der Waals surface area contributed by atoms with Crippen LogP contribution in [0.25, 0.3) is 0 Å². The van der Waals surface area contributed by atoms with E-state index in [9.17, 15) is 8.78 Å². The number of halogens is 3. The second-order valence-electron chi connectivity index (χ2n) is 5.06. The molecule has 0 aromatic heterocycles. The molecule has 1 aliphatic rings. The molecule has 0 spiro atoms. The maximum atomic E-state index is 14.0. The molecule has 2 aromatic rings. The fraction of sp³-hybridized carbons (Fsp3) is 0.250. The lowest BCUT2D eigenvalue weighted by Crippen LogP contribution is -2.06. The van der Waals surface area contributed by atoms with Crippen LogP contribution in [-0.2, 0) is 13.0 Å². The summed E-state index contributed by atoms with van der Waals surface area (Å²) in [5.74, 6) is -0.326. The van der Waals surface area contributed by atoms with Crippen LogP contribution in [-0.4, -0.2) is 6.61 Å². The Labute approximate surface area is 130 Å². The van der Waals surface area contributed by atoms with Gasteiger partial charge in [-0.1, -0.05) is 22.0 Å². The van der Waals surface area contributed by atoms with Crippen LogP contribution in [0.5, 0.6) is 5.75 Å². The van der Waals surface area contributed by atoms with E-state index in [1.54, 1.807) is 6.92 Å². The van der Waals surface area contributed by atoms with Gasteiger partial charge in [0.2, 0.25) is 0 Å². The minimum atomic E-state index is -0.592. The van der Waals surface area contributed by atoms with Crippen LogP contribution in [0.15, 0.2) is 28.7 Å². The summed E-state index contributed by atoms with van der Waals surface area (Å²) in [6, 6.07) is 6.61. The molecule has 0 saturated heterocycles. The van der Waals surface area contributed by atoms with Crippen molar-refractivity contribution in [3.8, 4) is 5.75 Å². The highest BCUT2D eigenvalue weighted by atomic mass is 79.9. The highest BCUT2D eigenvalue weighted by Crippen LogP contribution is 2.34. The van der Waals surface area contributed by atoms with E-state index in [0.29, 0.717) is 18.7 Å². The van der Waals surface area contributed by atoms with E-state index >= 15 is 0 Å². The molecule has 2 nitrogen and oxygen atoms in total. The average molecular weight is 354 g/mol. The van der Waals surface area contributed by atoms with Gasteiger partial charge in [0.15, 0.2) is 5.82 Å². The highest BCUT2D eigenvalue weighted by Gasteiger charge is 2.18. The summed E-state index contributed by atoms with van der Waals surface area (Å²) in [4.78, 5) is 0. The normalized spacial score (nSPS) is 13.0. The topological polar surface area (TPSA) is 21.3 Å². The molecule has 0 unspecified atom stereocenters. The van der Waals surface area contributed by atoms with Crippen molar-refractivity contribution >= 4 is 21.6 Å². The van der Waals surface area contributed by atoms with Crippen LogP contribution in [0.1, 0.15) is 16.7 Å². The molecule has 3 rings (SSSR count). The lowest BCUT2D eigenvalue weighted by Gasteiger charge is -2.13. The lowest BCUT2D eigenvalue weighted by atomic mass is 10.1. The van der Waals surface area contributed by atoms with Crippen molar-refractivity contribution in [2.45, 2.75) is 19.9 Å². The number of rotatable bonds is 3. The van der Waals surface area contributed by atoms with Gasteiger partial charge in [0.05, 0.1) is 6.61 Å². The van der Waals surface area contributed by atoms with E-state index in [1.807, 2.05) is 12.1 Å². The number of anilines is 1. The van der Waals surface area contributed by atoms with Gasteiger partial charge in [-0.3, -0.25) is 0 Å². The van der Waals surface area contributed by atoms with Crippen LogP contribution in [0, 0.1) is 18.6 Å². The Balaban J connectivity index is 1.88. The van der Waals surface area contributed by atoms with Crippen molar-refractivity contribution in [1.82, 2.24) is 0 Å². The zero-order valence-electron chi connectivity index (χ0n) is 11.5. The van der Waals surface area contributed by atoms with Gasteiger partial charge in [0, 0.05) is 23.0 Å². The minimum Gasteiger partial charge on any atom is -0.493 e. The number of hydrogen-bond donors (Lipinski definition) is 1. The van der Waals surface area contributed by atoms with Gasteiger partial charge in [-0.15, -0.1) is 0 Å². The van der Waals surface area contributed by atoms with Gasteiger partial charge >= 0.3 is 0 Å². The standard InChI is InChI=1S/C16H14BrF2NO/c1-9-2-3-13(18)15(14(9)19)20-8-11-7-12(17)6-10-4-5-21-16(10)11/h2-3,6-7,20H,4-5,8H2,1H3. The molecule has 0 saturated carbocycles. The number of hydrogen-bond acceptors (Lipinski definition) is 2. The first-order chi connectivity index (χ1) is 10.1. The van der Waals surface area contributed by atoms with Crippen molar-refractivity contribution in [1.29, 1.82) is 0 Å². The molecular formula is C16H14BrF2NO. The summed E-state index contributed by atoms with van der Waals surface area (Å²) in [7, 11) is 0. The smallest absolute Gasteiger partial charge is 0.152 e. The van der Waals surface area contributed by atoms with Crippen molar-refractivity contribution in [2.24, 2.45) is 0 Å². The average Bonchev–Trinajstić information content (AvgIpc) is 2.91. The maximum Gasteiger partial charge on any atom is 0.152 e. The van der Waals surface area contributed by atoms with Crippen molar-refractivity contribution in [3.05, 3.63) is 57.1 Å². The molecule has 110 valence electrons. The summed E-state index contributed by atoms with van der Waals surface area (Å²) >= 11 is 3.45. The Morgan fingerprint density at radius 1 is 1.29 bits per heavy atom. The molecule has 0 amide bonds. The highest BCUT2D eigenvalue weighted by molar-refractivity contribution is 9.10. The molecular weight excluding hydrogens is 340 g/mol. The Morgan fingerprint density at radius 3 is 2.90 bits per heavy atom. The van der Waals surface area contributed by atoms with Gasteiger partial charge in [-0.05, 0) is 36.2 Å². The predicted molar refractivity (Wildman–Crippen MR) is 81.8 cm³/mol. The van der Waals surface area contributed by atoms with Crippen LogP contribution >= 0.6 is 15.9 Å². The molecule has 0 atom stereocenters. The molecule has 0 bridgehead atoms. The van der Waals surface area contributed by atoms with Crippen LogP contribution in [0.3, 0.4) is 0 Å². The minimum absolute atomic E-state index is 0.0956. The van der Waals surface area contributed by atoms with Crippen molar-refractivity contribution < 1.29 is 13.5 Å². The third kappa shape index (κ3) is 2.75. The number of nitrogens with one attached hydrogen (secondary N) is 1. The van der Waals surface area contributed by atoms with E-state index in [-0.39, 0.29) is 5.69 Å². The first-order valence-electron chi connectivity index (χ1n) is 6.69. The third-order valence-corrected chi connectivity index (χ3v) is 4.02. The zero-order chi connectivity index (χ0) is 15.0. The number of ether oxygens (including phenoxy) is 1. The maximum absolute atomic E-state index is 14.0. The zero-order valence-corrected chi connectivity index (χ0v) is 13.1. The predicted octanol–water partition coefficient (Wildman–Crippen LogP) is 4.58. The van der Waals surface area contributed by atoms with Gasteiger partial charge in [-0.25, -0.2) is 8.78 Å². The molecule has 2 aromatic carbocycles. The molecule has 1 heterocycles. The summed E-state index contributed by atoms with van der Waals surface area (Å²) in [5, 5.41) is 2.84. The Hall–Kier alpha value is -1.62. The molecule has 0 radical (unpaired) electrons. The molecule has 0 fully saturated rings. The summed E-state index contributed by atoms with van der Waals surface area (Å²) < 4.78 is 34.3. The monoisotopic (exact) mass is 353 g/mol. The second-order valence-corrected chi connectivity index (χ2v) is 5.97. The molecule has 1 aliphatic heterocycles. The molecule has 21 heavy (non-hydrogen) atoms. The largest absolute Gasteiger partial charge is 0.493 e. The van der Waals surface area contributed by atoms with Gasteiger partial charge in [-0.2, -0.15) is 0 Å². The second kappa shape index (κ2) is 5.64. The first kappa shape index (κ1) is 14.3. The van der Waals surface area contributed by atoms with Gasteiger partial charge in [0.25, 0.3) is 0 Å². The summed E-state index contributed by atoms with van der Waals surface area (Å²) in [6.07, 6.45) is 0.856. The fourth-order valence-electron chi connectivity index (χ4n) is 2.48. The number of aryl methyl sites for hydroxylation is 1.